The van der Waals surface area contributed by atoms with E-state index in [-0.39, 0.29) is 24.1 Å². The molecule has 0 saturated carbocycles. The Morgan fingerprint density at radius 1 is 1.12 bits per heavy atom. The summed E-state index contributed by atoms with van der Waals surface area (Å²) in [5.41, 5.74) is 1.07. The first kappa shape index (κ1) is 16.7. The van der Waals surface area contributed by atoms with Gasteiger partial charge in [0.25, 0.3) is 5.91 Å². The van der Waals surface area contributed by atoms with Gasteiger partial charge in [0.05, 0.1) is 10.6 Å². The molecule has 0 radical (unpaired) electrons. The summed E-state index contributed by atoms with van der Waals surface area (Å²) in [7, 11) is -3.77. The number of anilines is 1. The molecule has 2 aliphatic heterocycles. The van der Waals surface area contributed by atoms with Crippen LogP contribution in [0.1, 0.15) is 12.5 Å². The van der Waals surface area contributed by atoms with Crippen LogP contribution >= 0.6 is 0 Å². The Hall–Kier alpha value is -2.78. The Labute approximate surface area is 150 Å². The van der Waals surface area contributed by atoms with E-state index in [1.54, 1.807) is 25.1 Å². The zero-order chi connectivity index (χ0) is 18.3. The fraction of sp³-hybridized carbons (Fsp3) is 0.235. The molecule has 2 heterocycles. The number of hydrogen-bond acceptors (Lipinski definition) is 6. The predicted octanol–water partition coefficient (Wildman–Crippen LogP) is 1.61. The molecular formula is C17H16N2O6S. The molecule has 2 aromatic rings. The van der Waals surface area contributed by atoms with Crippen molar-refractivity contribution in [2.24, 2.45) is 0 Å². The van der Waals surface area contributed by atoms with Gasteiger partial charge >= 0.3 is 0 Å². The number of ether oxygens (including phenoxy) is 3. The van der Waals surface area contributed by atoms with Crippen molar-refractivity contribution in [3.05, 3.63) is 42.0 Å². The van der Waals surface area contributed by atoms with Crippen LogP contribution in [0.3, 0.4) is 0 Å². The van der Waals surface area contributed by atoms with Crippen molar-refractivity contribution in [3.63, 3.8) is 0 Å². The predicted molar refractivity (Wildman–Crippen MR) is 91.8 cm³/mol. The molecule has 136 valence electrons. The molecular weight excluding hydrogens is 360 g/mol. The Bertz CT molecular complexity index is 989. The zero-order valence-electron chi connectivity index (χ0n) is 13.8. The molecule has 0 fully saturated rings. The summed E-state index contributed by atoms with van der Waals surface area (Å²) < 4.78 is 43.6. The van der Waals surface area contributed by atoms with Crippen LogP contribution in [0.2, 0.25) is 0 Å². The van der Waals surface area contributed by atoms with Crippen molar-refractivity contribution >= 4 is 21.6 Å². The van der Waals surface area contributed by atoms with Crippen molar-refractivity contribution in [2.75, 3.05) is 12.1 Å². The van der Waals surface area contributed by atoms with E-state index in [2.05, 4.69) is 10.0 Å². The number of hydrogen-bond donors (Lipinski definition) is 2. The Balaban J connectivity index is 1.52. The maximum absolute atomic E-state index is 12.6. The van der Waals surface area contributed by atoms with Gasteiger partial charge in [0.1, 0.15) is 5.75 Å². The summed E-state index contributed by atoms with van der Waals surface area (Å²) in [6.45, 7) is 1.87. The maximum atomic E-state index is 12.6. The molecule has 9 heteroatoms. The molecule has 2 aliphatic rings. The van der Waals surface area contributed by atoms with Crippen LogP contribution in [0.15, 0.2) is 41.3 Å². The average Bonchev–Trinajstić information content (AvgIpc) is 3.08. The minimum Gasteiger partial charge on any atom is -0.479 e. The van der Waals surface area contributed by atoms with E-state index >= 15 is 0 Å². The summed E-state index contributed by atoms with van der Waals surface area (Å²) in [5.74, 6) is 1.34. The first-order valence-electron chi connectivity index (χ1n) is 7.92. The lowest BCUT2D eigenvalue weighted by atomic mass is 10.2. The lowest BCUT2D eigenvalue weighted by molar-refractivity contribution is -0.122. The molecule has 0 aromatic heterocycles. The molecule has 0 bridgehead atoms. The van der Waals surface area contributed by atoms with Crippen LogP contribution in [-0.2, 0) is 21.4 Å². The monoisotopic (exact) mass is 376 g/mol. The first-order valence-corrected chi connectivity index (χ1v) is 9.40. The number of benzene rings is 2. The molecule has 0 saturated heterocycles. The van der Waals surface area contributed by atoms with Gasteiger partial charge in [0.2, 0.25) is 16.8 Å². The SMILES string of the molecule is CC1Oc2ccc(S(=O)(=O)NCc3ccc4c(c3)OCO4)cc2NC1=O. The Morgan fingerprint density at radius 2 is 1.88 bits per heavy atom. The standard InChI is InChI=1S/C17H16N2O6S/c1-10-17(20)19-13-7-12(3-5-14(13)25-10)26(21,22)18-8-11-2-4-15-16(6-11)24-9-23-15/h2-7,10,18H,8-9H2,1H3,(H,19,20). The third-order valence-electron chi connectivity index (χ3n) is 4.10. The van der Waals surface area contributed by atoms with E-state index in [0.717, 1.165) is 5.56 Å². The number of sulfonamides is 1. The third-order valence-corrected chi connectivity index (χ3v) is 5.49. The van der Waals surface area contributed by atoms with Gasteiger partial charge in [-0.05, 0) is 42.8 Å². The lowest BCUT2D eigenvalue weighted by Crippen LogP contribution is -2.34. The van der Waals surface area contributed by atoms with Crippen molar-refractivity contribution in [1.82, 2.24) is 4.72 Å². The summed E-state index contributed by atoms with van der Waals surface area (Å²) in [4.78, 5) is 11.7. The Kier molecular flexibility index (Phi) is 3.97. The third kappa shape index (κ3) is 3.06. The van der Waals surface area contributed by atoms with Gasteiger partial charge < -0.3 is 19.5 Å². The van der Waals surface area contributed by atoms with Gasteiger partial charge in [0.15, 0.2) is 17.6 Å². The van der Waals surface area contributed by atoms with Crippen molar-refractivity contribution in [3.8, 4) is 17.2 Å². The molecule has 26 heavy (non-hydrogen) atoms. The van der Waals surface area contributed by atoms with Crippen molar-refractivity contribution in [1.29, 1.82) is 0 Å². The van der Waals surface area contributed by atoms with Crippen LogP contribution in [0.25, 0.3) is 0 Å². The fourth-order valence-corrected chi connectivity index (χ4v) is 3.71. The molecule has 2 aromatic carbocycles. The van der Waals surface area contributed by atoms with Crippen LogP contribution in [0.4, 0.5) is 5.69 Å². The molecule has 0 spiro atoms. The van der Waals surface area contributed by atoms with Crippen molar-refractivity contribution in [2.45, 2.75) is 24.5 Å². The summed E-state index contributed by atoms with van der Waals surface area (Å²) in [5, 5.41) is 2.64. The summed E-state index contributed by atoms with van der Waals surface area (Å²) >= 11 is 0. The normalized spacial score (nSPS) is 18.0. The minimum absolute atomic E-state index is 0.0375. The number of fused-ring (bicyclic) bond motifs is 2. The quantitative estimate of drug-likeness (QED) is 0.840. The minimum atomic E-state index is -3.77. The molecule has 1 atom stereocenters. The van der Waals surface area contributed by atoms with Crippen molar-refractivity contribution < 1.29 is 27.4 Å². The van der Waals surface area contributed by atoms with E-state index in [1.807, 2.05) is 0 Å². The second-order valence-corrected chi connectivity index (χ2v) is 7.69. The first-order chi connectivity index (χ1) is 12.4. The van der Waals surface area contributed by atoms with Gasteiger partial charge in [-0.25, -0.2) is 13.1 Å². The van der Waals surface area contributed by atoms with Crippen LogP contribution in [0.5, 0.6) is 17.2 Å². The largest absolute Gasteiger partial charge is 0.479 e. The Morgan fingerprint density at radius 3 is 2.73 bits per heavy atom. The summed E-state index contributed by atoms with van der Waals surface area (Å²) in [6, 6.07) is 9.57. The van der Waals surface area contributed by atoms with Crippen LogP contribution < -0.4 is 24.2 Å². The number of amides is 1. The zero-order valence-corrected chi connectivity index (χ0v) is 14.6. The van der Waals surface area contributed by atoms with Crippen LogP contribution in [0, 0.1) is 0 Å². The van der Waals surface area contributed by atoms with E-state index in [4.69, 9.17) is 14.2 Å². The highest BCUT2D eigenvalue weighted by molar-refractivity contribution is 7.89. The molecule has 1 unspecified atom stereocenters. The molecule has 1 amide bonds. The highest BCUT2D eigenvalue weighted by Gasteiger charge is 2.25. The highest BCUT2D eigenvalue weighted by atomic mass is 32.2. The van der Waals surface area contributed by atoms with Gasteiger partial charge in [-0.1, -0.05) is 6.07 Å². The molecule has 8 nitrogen and oxygen atoms in total. The number of carbonyl (C=O) groups is 1. The maximum Gasteiger partial charge on any atom is 0.265 e. The average molecular weight is 376 g/mol. The summed E-state index contributed by atoms with van der Waals surface area (Å²) in [6.07, 6.45) is -0.617. The van der Waals surface area contributed by atoms with E-state index < -0.39 is 16.1 Å². The van der Waals surface area contributed by atoms with Gasteiger partial charge in [-0.15, -0.1) is 0 Å². The topological polar surface area (TPSA) is 103 Å². The smallest absolute Gasteiger partial charge is 0.265 e. The van der Waals surface area contributed by atoms with Gasteiger partial charge in [0, 0.05) is 6.54 Å². The molecule has 2 N–H and O–H groups in total. The second-order valence-electron chi connectivity index (χ2n) is 5.92. The lowest BCUT2D eigenvalue weighted by Gasteiger charge is -2.23. The second kappa shape index (κ2) is 6.19. The van der Waals surface area contributed by atoms with E-state index in [1.165, 1.54) is 18.2 Å². The highest BCUT2D eigenvalue weighted by Crippen LogP contribution is 2.33. The van der Waals surface area contributed by atoms with E-state index in [0.29, 0.717) is 22.9 Å². The van der Waals surface area contributed by atoms with Gasteiger partial charge in [-0.3, -0.25) is 4.79 Å². The number of carbonyl (C=O) groups excluding carboxylic acids is 1. The molecule has 4 rings (SSSR count). The van der Waals surface area contributed by atoms with Crippen LogP contribution in [-0.4, -0.2) is 27.2 Å². The molecule has 0 aliphatic carbocycles. The number of nitrogens with one attached hydrogen (secondary N) is 2. The number of rotatable bonds is 4. The fourth-order valence-electron chi connectivity index (χ4n) is 2.67. The van der Waals surface area contributed by atoms with E-state index in [9.17, 15) is 13.2 Å². The van der Waals surface area contributed by atoms with Gasteiger partial charge in [-0.2, -0.15) is 0 Å².